The number of hydrogen-bond donors (Lipinski definition) is 2. The first kappa shape index (κ1) is 25.0. The number of halogens is 2. The Bertz CT molecular complexity index is 1460. The highest BCUT2D eigenvalue weighted by Crippen LogP contribution is 2.44. The van der Waals surface area contributed by atoms with Crippen LogP contribution in [0.15, 0.2) is 91.0 Å². The topological polar surface area (TPSA) is 84.9 Å². The molecule has 0 bridgehead atoms. The van der Waals surface area contributed by atoms with E-state index in [4.69, 9.17) is 9.47 Å². The number of amides is 1. The van der Waals surface area contributed by atoms with Gasteiger partial charge in [0.25, 0.3) is 0 Å². The molecule has 0 radical (unpaired) electrons. The van der Waals surface area contributed by atoms with Gasteiger partial charge in [0, 0.05) is 18.4 Å². The summed E-state index contributed by atoms with van der Waals surface area (Å²) in [4.78, 5) is 24.6. The van der Waals surface area contributed by atoms with Crippen molar-refractivity contribution in [3.8, 4) is 22.6 Å². The molecule has 0 saturated carbocycles. The van der Waals surface area contributed by atoms with Gasteiger partial charge in [0.15, 0.2) is 11.6 Å². The molecule has 0 fully saturated rings. The fourth-order valence-electron chi connectivity index (χ4n) is 4.65. The highest BCUT2D eigenvalue weighted by atomic mass is 19.1. The summed E-state index contributed by atoms with van der Waals surface area (Å²) in [5, 5.41) is 12.2. The summed E-state index contributed by atoms with van der Waals surface area (Å²) in [5.41, 5.74) is 4.64. The highest BCUT2D eigenvalue weighted by Gasteiger charge is 2.30. The molecule has 1 aliphatic carbocycles. The first-order chi connectivity index (χ1) is 18.4. The van der Waals surface area contributed by atoms with E-state index < -0.39 is 29.7 Å². The minimum absolute atomic E-state index is 0.0374. The molecule has 1 amide bonds. The molecule has 192 valence electrons. The quantitative estimate of drug-likeness (QED) is 0.288. The number of ether oxygens (including phenoxy) is 2. The second kappa shape index (κ2) is 10.7. The van der Waals surface area contributed by atoms with Crippen molar-refractivity contribution in [1.82, 2.24) is 5.32 Å². The Morgan fingerprint density at radius 3 is 2.13 bits per heavy atom. The number of carbonyl (C=O) groups excluding carboxylic acids is 1. The first-order valence-corrected chi connectivity index (χ1v) is 12.0. The van der Waals surface area contributed by atoms with Gasteiger partial charge in [-0.1, -0.05) is 66.7 Å². The number of carbonyl (C=O) groups is 2. The lowest BCUT2D eigenvalue weighted by atomic mass is 9.98. The maximum absolute atomic E-state index is 14.1. The largest absolute Gasteiger partial charge is 0.480 e. The summed E-state index contributed by atoms with van der Waals surface area (Å²) in [7, 11) is 0. The molecule has 0 heterocycles. The Morgan fingerprint density at radius 1 is 0.842 bits per heavy atom. The first-order valence-electron chi connectivity index (χ1n) is 12.0. The van der Waals surface area contributed by atoms with E-state index in [1.807, 2.05) is 48.5 Å². The van der Waals surface area contributed by atoms with Crippen LogP contribution in [0.2, 0.25) is 0 Å². The fraction of sp³-hybridized carbons (Fsp3) is 0.133. The number of hydrogen-bond acceptors (Lipinski definition) is 4. The molecule has 1 aliphatic rings. The Balaban J connectivity index is 1.27. The molecule has 0 aromatic heterocycles. The zero-order valence-corrected chi connectivity index (χ0v) is 20.1. The molecule has 6 nitrogen and oxygen atoms in total. The van der Waals surface area contributed by atoms with E-state index in [0.29, 0.717) is 11.6 Å². The van der Waals surface area contributed by atoms with Crippen molar-refractivity contribution in [2.45, 2.75) is 18.4 Å². The molecule has 0 aliphatic heterocycles. The normalized spacial score (nSPS) is 12.8. The van der Waals surface area contributed by atoms with Crippen LogP contribution in [0.3, 0.4) is 0 Å². The average molecular weight is 516 g/mol. The maximum atomic E-state index is 14.1. The van der Waals surface area contributed by atoms with Gasteiger partial charge in [-0.2, -0.15) is 0 Å². The molecule has 2 N–H and O–H groups in total. The van der Waals surface area contributed by atoms with Crippen LogP contribution in [-0.2, 0) is 16.0 Å². The van der Waals surface area contributed by atoms with Gasteiger partial charge >= 0.3 is 12.1 Å². The van der Waals surface area contributed by atoms with E-state index in [9.17, 15) is 23.5 Å². The molecule has 0 spiro atoms. The number of para-hydroxylation sites is 1. The van der Waals surface area contributed by atoms with Crippen LogP contribution in [0.25, 0.3) is 11.1 Å². The zero-order valence-electron chi connectivity index (χ0n) is 20.1. The predicted molar refractivity (Wildman–Crippen MR) is 136 cm³/mol. The maximum Gasteiger partial charge on any atom is 0.407 e. The number of rotatable bonds is 8. The lowest BCUT2D eigenvalue weighted by molar-refractivity contribution is -0.139. The van der Waals surface area contributed by atoms with Crippen LogP contribution in [0.1, 0.15) is 22.6 Å². The summed E-state index contributed by atoms with van der Waals surface area (Å²) in [6.45, 7) is 0.0374. The molecule has 5 rings (SSSR count). The van der Waals surface area contributed by atoms with Gasteiger partial charge in [-0.25, -0.2) is 18.4 Å². The molecule has 1 unspecified atom stereocenters. The molecular weight excluding hydrogens is 492 g/mol. The van der Waals surface area contributed by atoms with Crippen LogP contribution in [0, 0.1) is 11.6 Å². The van der Waals surface area contributed by atoms with E-state index in [1.165, 1.54) is 6.07 Å². The minimum atomic E-state index is -1.34. The summed E-state index contributed by atoms with van der Waals surface area (Å²) in [5.74, 6) is -3.13. The van der Waals surface area contributed by atoms with Gasteiger partial charge in [-0.05, 0) is 46.0 Å². The van der Waals surface area contributed by atoms with Crippen molar-refractivity contribution < 1.29 is 33.0 Å². The number of benzene rings is 4. The van der Waals surface area contributed by atoms with Crippen LogP contribution in [0.5, 0.6) is 11.5 Å². The molecule has 1 atom stereocenters. The number of alkyl carbamates (subject to hydrolysis) is 1. The summed E-state index contributed by atoms with van der Waals surface area (Å²) in [6, 6.07) is 23.8. The Morgan fingerprint density at radius 2 is 1.47 bits per heavy atom. The third-order valence-electron chi connectivity index (χ3n) is 6.44. The number of fused-ring (bicyclic) bond motifs is 3. The Hall–Kier alpha value is -4.72. The monoisotopic (exact) mass is 515 g/mol. The number of carboxylic acid groups (broad SMARTS) is 1. The van der Waals surface area contributed by atoms with Gasteiger partial charge in [0.1, 0.15) is 24.2 Å². The lowest BCUT2D eigenvalue weighted by Gasteiger charge is -2.19. The SMILES string of the molecule is O=C(NC(Cc1ccccc1Oc1ccc(F)cc1F)C(=O)O)OCC1c2ccccc2-c2ccccc21. The van der Waals surface area contributed by atoms with Gasteiger partial charge < -0.3 is 19.9 Å². The number of aliphatic carboxylic acids is 1. The van der Waals surface area contributed by atoms with Crippen molar-refractivity contribution >= 4 is 12.1 Å². The van der Waals surface area contributed by atoms with Gasteiger partial charge in [0.05, 0.1) is 0 Å². The molecule has 8 heteroatoms. The van der Waals surface area contributed by atoms with Crippen molar-refractivity contribution in [2.24, 2.45) is 0 Å². The molecular formula is C30H23F2NO5. The molecule has 4 aromatic carbocycles. The number of nitrogens with one attached hydrogen (secondary N) is 1. The second-order valence-corrected chi connectivity index (χ2v) is 8.85. The smallest absolute Gasteiger partial charge is 0.407 e. The molecule has 38 heavy (non-hydrogen) atoms. The van der Waals surface area contributed by atoms with Gasteiger partial charge in [0.2, 0.25) is 0 Å². The lowest BCUT2D eigenvalue weighted by Crippen LogP contribution is -2.43. The predicted octanol–water partition coefficient (Wildman–Crippen LogP) is 6.29. The Kier molecular flexibility index (Phi) is 7.04. The van der Waals surface area contributed by atoms with Gasteiger partial charge in [-0.3, -0.25) is 0 Å². The molecule has 0 saturated heterocycles. The van der Waals surface area contributed by atoms with Crippen LogP contribution >= 0.6 is 0 Å². The highest BCUT2D eigenvalue weighted by molar-refractivity contribution is 5.81. The standard InChI is InChI=1S/C30H23F2NO5/c31-19-13-14-28(25(32)16-19)38-27-12-6-1-7-18(27)15-26(29(34)35)33-30(36)37-17-24-22-10-4-2-8-20(22)21-9-3-5-11-23(21)24/h1-14,16,24,26H,15,17H2,(H,33,36)(H,34,35). The van der Waals surface area contributed by atoms with Crippen LogP contribution in [0.4, 0.5) is 13.6 Å². The molecule has 4 aromatic rings. The summed E-state index contributed by atoms with van der Waals surface area (Å²) < 4.78 is 38.4. The Labute approximate surface area is 217 Å². The van der Waals surface area contributed by atoms with Crippen LogP contribution in [-0.4, -0.2) is 29.8 Å². The zero-order chi connectivity index (χ0) is 26.6. The summed E-state index contributed by atoms with van der Waals surface area (Å²) in [6.07, 6.45) is -1.03. The van der Waals surface area contributed by atoms with E-state index in [2.05, 4.69) is 5.32 Å². The van der Waals surface area contributed by atoms with E-state index in [1.54, 1.807) is 18.2 Å². The van der Waals surface area contributed by atoms with Crippen LogP contribution < -0.4 is 10.1 Å². The third-order valence-corrected chi connectivity index (χ3v) is 6.44. The average Bonchev–Trinajstić information content (AvgIpc) is 3.23. The van der Waals surface area contributed by atoms with Crippen molar-refractivity contribution in [3.05, 3.63) is 119 Å². The van der Waals surface area contributed by atoms with Crippen molar-refractivity contribution in [2.75, 3.05) is 6.61 Å². The van der Waals surface area contributed by atoms with Crippen molar-refractivity contribution in [1.29, 1.82) is 0 Å². The van der Waals surface area contributed by atoms with E-state index in [0.717, 1.165) is 34.4 Å². The second-order valence-electron chi connectivity index (χ2n) is 8.85. The third kappa shape index (κ3) is 5.20. The van der Waals surface area contributed by atoms with Crippen molar-refractivity contribution in [3.63, 3.8) is 0 Å². The number of carboxylic acids is 1. The fourth-order valence-corrected chi connectivity index (χ4v) is 4.65. The van der Waals surface area contributed by atoms with E-state index >= 15 is 0 Å². The minimum Gasteiger partial charge on any atom is -0.480 e. The summed E-state index contributed by atoms with van der Waals surface area (Å²) >= 11 is 0. The van der Waals surface area contributed by atoms with Gasteiger partial charge in [-0.15, -0.1) is 0 Å². The van der Waals surface area contributed by atoms with E-state index in [-0.39, 0.29) is 30.4 Å².